The summed E-state index contributed by atoms with van der Waals surface area (Å²) in [6.45, 7) is 1.04. The highest BCUT2D eigenvalue weighted by molar-refractivity contribution is 5.80. The van der Waals surface area contributed by atoms with Crippen molar-refractivity contribution in [1.82, 2.24) is 4.90 Å². The van der Waals surface area contributed by atoms with Gasteiger partial charge in [0.1, 0.15) is 11.5 Å². The highest BCUT2D eigenvalue weighted by Gasteiger charge is 2.30. The Bertz CT molecular complexity index is 442. The number of nitrogens with zero attached hydrogens (tertiary/aromatic N) is 1. The first kappa shape index (κ1) is 14.1. The molecule has 0 aromatic heterocycles. The second-order valence-corrected chi connectivity index (χ2v) is 5.69. The van der Waals surface area contributed by atoms with Crippen molar-refractivity contribution in [3.63, 3.8) is 0 Å². The summed E-state index contributed by atoms with van der Waals surface area (Å²) in [6, 6.07) is 8.16. The van der Waals surface area contributed by atoms with Crippen molar-refractivity contribution in [1.29, 1.82) is 0 Å². The molecule has 1 aromatic rings. The Morgan fingerprint density at radius 1 is 1.37 bits per heavy atom. The summed E-state index contributed by atoms with van der Waals surface area (Å²) in [5.41, 5.74) is 1.24. The predicted octanol–water partition coefficient (Wildman–Crippen LogP) is 2.71. The third kappa shape index (κ3) is 3.57. The van der Waals surface area contributed by atoms with E-state index >= 15 is 0 Å². The van der Waals surface area contributed by atoms with E-state index in [1.165, 1.54) is 5.56 Å². The van der Waals surface area contributed by atoms with Crippen molar-refractivity contribution < 1.29 is 9.53 Å². The molecule has 3 heteroatoms. The molecule has 0 bridgehead atoms. The maximum absolute atomic E-state index is 11.8. The zero-order valence-electron chi connectivity index (χ0n) is 12.1. The number of ketones is 1. The Hall–Kier alpha value is -1.35. The van der Waals surface area contributed by atoms with Crippen LogP contribution in [0.3, 0.4) is 0 Å². The lowest BCUT2D eigenvalue weighted by Crippen LogP contribution is -2.31. The molecule has 0 N–H and O–H groups in total. The van der Waals surface area contributed by atoms with Crippen molar-refractivity contribution in [2.45, 2.75) is 25.2 Å². The zero-order valence-corrected chi connectivity index (χ0v) is 12.1. The lowest BCUT2D eigenvalue weighted by atomic mass is 9.74. The van der Waals surface area contributed by atoms with Gasteiger partial charge in [0, 0.05) is 19.4 Å². The number of rotatable bonds is 4. The van der Waals surface area contributed by atoms with Crippen LogP contribution >= 0.6 is 0 Å². The summed E-state index contributed by atoms with van der Waals surface area (Å²) in [5.74, 6) is 2.15. The van der Waals surface area contributed by atoms with Crippen LogP contribution in [0.15, 0.2) is 24.3 Å². The van der Waals surface area contributed by atoms with E-state index in [0.717, 1.165) is 25.1 Å². The predicted molar refractivity (Wildman–Crippen MR) is 76.6 cm³/mol. The largest absolute Gasteiger partial charge is 0.497 e. The molecule has 0 spiro atoms. The molecular formula is C16H23NO2. The van der Waals surface area contributed by atoms with Crippen LogP contribution in [0.4, 0.5) is 0 Å². The van der Waals surface area contributed by atoms with Gasteiger partial charge in [-0.2, -0.15) is 0 Å². The summed E-state index contributed by atoms with van der Waals surface area (Å²) in [7, 11) is 5.88. The van der Waals surface area contributed by atoms with Gasteiger partial charge in [0.15, 0.2) is 0 Å². The molecular weight excluding hydrogens is 238 g/mol. The first-order chi connectivity index (χ1) is 9.10. The van der Waals surface area contributed by atoms with Crippen LogP contribution in [-0.4, -0.2) is 38.4 Å². The minimum atomic E-state index is 0.332. The molecule has 1 aliphatic rings. The molecule has 19 heavy (non-hydrogen) atoms. The Kier molecular flexibility index (Phi) is 4.59. The van der Waals surface area contributed by atoms with E-state index in [1.807, 2.05) is 12.1 Å². The second-order valence-electron chi connectivity index (χ2n) is 5.69. The molecule has 0 heterocycles. The van der Waals surface area contributed by atoms with Crippen molar-refractivity contribution in [2.75, 3.05) is 27.7 Å². The molecule has 1 aromatic carbocycles. The Balaban J connectivity index is 2.22. The molecule has 1 aliphatic carbocycles. The number of hydrogen-bond acceptors (Lipinski definition) is 3. The molecule has 0 saturated heterocycles. The molecule has 104 valence electrons. The summed E-state index contributed by atoms with van der Waals surface area (Å²) < 4.78 is 5.29. The standard InChI is InChI=1S/C16H23NO2/c1-17(2)11-13-7-8-14(18)10-16(13)12-5-4-6-15(9-12)19-3/h4-6,9,13,16H,7-8,10-11H2,1-3H3/t13-,16+/m0/s1. The van der Waals surface area contributed by atoms with Crippen LogP contribution in [0.25, 0.3) is 0 Å². The summed E-state index contributed by atoms with van der Waals surface area (Å²) in [4.78, 5) is 14.0. The van der Waals surface area contributed by atoms with E-state index < -0.39 is 0 Å². The monoisotopic (exact) mass is 261 g/mol. The molecule has 0 unspecified atom stereocenters. The Morgan fingerprint density at radius 3 is 2.84 bits per heavy atom. The number of benzene rings is 1. The van der Waals surface area contributed by atoms with Crippen LogP contribution in [0.5, 0.6) is 5.75 Å². The number of hydrogen-bond donors (Lipinski definition) is 0. The Labute approximate surface area is 115 Å². The van der Waals surface area contributed by atoms with Gasteiger partial charge >= 0.3 is 0 Å². The lowest BCUT2D eigenvalue weighted by molar-refractivity contribution is -0.121. The maximum Gasteiger partial charge on any atom is 0.133 e. The number of ether oxygens (including phenoxy) is 1. The topological polar surface area (TPSA) is 29.5 Å². The number of carbonyl (C=O) groups is 1. The molecule has 1 saturated carbocycles. The first-order valence-electron chi connectivity index (χ1n) is 6.90. The fraction of sp³-hybridized carbons (Fsp3) is 0.562. The van der Waals surface area contributed by atoms with Gasteiger partial charge in [-0.25, -0.2) is 0 Å². The van der Waals surface area contributed by atoms with Crippen LogP contribution in [0.1, 0.15) is 30.7 Å². The quantitative estimate of drug-likeness (QED) is 0.834. The highest BCUT2D eigenvalue weighted by Crippen LogP contribution is 2.37. The first-order valence-corrected chi connectivity index (χ1v) is 6.90. The van der Waals surface area contributed by atoms with E-state index in [9.17, 15) is 4.79 Å². The van der Waals surface area contributed by atoms with Gasteiger partial charge in [-0.1, -0.05) is 12.1 Å². The number of Topliss-reactive ketones (excluding diaryl/α,β-unsaturated/α-hetero) is 1. The summed E-state index contributed by atoms with van der Waals surface area (Å²) in [5, 5.41) is 0. The highest BCUT2D eigenvalue weighted by atomic mass is 16.5. The smallest absolute Gasteiger partial charge is 0.133 e. The Morgan fingerprint density at radius 2 is 2.16 bits per heavy atom. The van der Waals surface area contributed by atoms with Crippen LogP contribution < -0.4 is 4.74 Å². The van der Waals surface area contributed by atoms with E-state index in [4.69, 9.17) is 4.74 Å². The van der Waals surface area contributed by atoms with E-state index in [-0.39, 0.29) is 0 Å². The molecule has 0 amide bonds. The molecule has 0 aliphatic heterocycles. The van der Waals surface area contributed by atoms with E-state index in [2.05, 4.69) is 31.1 Å². The van der Waals surface area contributed by atoms with Gasteiger partial charge in [0.25, 0.3) is 0 Å². The second kappa shape index (κ2) is 6.20. The molecule has 2 rings (SSSR count). The van der Waals surface area contributed by atoms with Crippen molar-refractivity contribution in [3.05, 3.63) is 29.8 Å². The zero-order chi connectivity index (χ0) is 13.8. The third-order valence-corrected chi connectivity index (χ3v) is 3.93. The summed E-state index contributed by atoms with van der Waals surface area (Å²) in [6.07, 6.45) is 2.41. The lowest BCUT2D eigenvalue weighted by Gasteiger charge is -2.33. The van der Waals surface area contributed by atoms with Gasteiger partial charge in [0.2, 0.25) is 0 Å². The van der Waals surface area contributed by atoms with E-state index in [0.29, 0.717) is 24.0 Å². The van der Waals surface area contributed by atoms with Gasteiger partial charge in [-0.3, -0.25) is 4.79 Å². The van der Waals surface area contributed by atoms with Gasteiger partial charge in [-0.15, -0.1) is 0 Å². The fourth-order valence-electron chi connectivity index (χ4n) is 3.01. The van der Waals surface area contributed by atoms with E-state index in [1.54, 1.807) is 7.11 Å². The van der Waals surface area contributed by atoms with Crippen molar-refractivity contribution >= 4 is 5.78 Å². The van der Waals surface area contributed by atoms with Crippen molar-refractivity contribution in [3.8, 4) is 5.75 Å². The van der Waals surface area contributed by atoms with Crippen LogP contribution in [-0.2, 0) is 4.79 Å². The third-order valence-electron chi connectivity index (χ3n) is 3.93. The maximum atomic E-state index is 11.8. The number of methoxy groups -OCH3 is 1. The minimum absolute atomic E-state index is 0.332. The molecule has 2 atom stereocenters. The average Bonchev–Trinajstić information content (AvgIpc) is 2.40. The van der Waals surface area contributed by atoms with Gasteiger partial charge in [-0.05, 0) is 50.0 Å². The van der Waals surface area contributed by atoms with Crippen LogP contribution in [0, 0.1) is 5.92 Å². The molecule has 0 radical (unpaired) electrons. The average molecular weight is 261 g/mol. The molecule has 3 nitrogen and oxygen atoms in total. The van der Waals surface area contributed by atoms with Crippen molar-refractivity contribution in [2.24, 2.45) is 5.92 Å². The normalized spacial score (nSPS) is 23.7. The fourth-order valence-corrected chi connectivity index (χ4v) is 3.01. The summed E-state index contributed by atoms with van der Waals surface area (Å²) >= 11 is 0. The van der Waals surface area contributed by atoms with Crippen LogP contribution in [0.2, 0.25) is 0 Å². The molecule has 1 fully saturated rings. The minimum Gasteiger partial charge on any atom is -0.497 e. The number of carbonyl (C=O) groups excluding carboxylic acids is 1. The van der Waals surface area contributed by atoms with Gasteiger partial charge in [0.05, 0.1) is 7.11 Å². The SMILES string of the molecule is COc1cccc([C@H]2CC(=O)CC[C@H]2CN(C)C)c1. The van der Waals surface area contributed by atoms with Gasteiger partial charge < -0.3 is 9.64 Å².